The van der Waals surface area contributed by atoms with Gasteiger partial charge in [0.25, 0.3) is 5.91 Å². The zero-order chi connectivity index (χ0) is 20.1. The van der Waals surface area contributed by atoms with E-state index in [1.807, 2.05) is 42.5 Å². The lowest BCUT2D eigenvalue weighted by Crippen LogP contribution is -2.26. The van der Waals surface area contributed by atoms with Crippen LogP contribution in [0, 0.1) is 0 Å². The number of carbonyl (C=O) groups is 1. The lowest BCUT2D eigenvalue weighted by Gasteiger charge is -2.20. The number of oxazole rings is 1. The summed E-state index contributed by atoms with van der Waals surface area (Å²) in [5.74, 6) is 1.19. The molecule has 3 aromatic rings. The number of rotatable bonds is 9. The Kier molecular flexibility index (Phi) is 5.91. The van der Waals surface area contributed by atoms with Crippen LogP contribution in [0.3, 0.4) is 0 Å². The Morgan fingerprint density at radius 3 is 2.55 bits per heavy atom. The highest BCUT2D eigenvalue weighted by atomic mass is 16.5. The van der Waals surface area contributed by atoms with Gasteiger partial charge in [0.2, 0.25) is 5.89 Å². The second kappa shape index (κ2) is 8.92. The summed E-state index contributed by atoms with van der Waals surface area (Å²) >= 11 is 0. The predicted octanol–water partition coefficient (Wildman–Crippen LogP) is 3.78. The van der Waals surface area contributed by atoms with Crippen LogP contribution in [0.5, 0.6) is 5.75 Å². The first-order valence-electron chi connectivity index (χ1n) is 9.85. The number of nitrogens with one attached hydrogen (secondary N) is 1. The zero-order valence-corrected chi connectivity index (χ0v) is 16.5. The average molecular weight is 391 g/mol. The molecule has 0 aliphatic heterocycles. The summed E-state index contributed by atoms with van der Waals surface area (Å²) in [6, 6.07) is 18.4. The van der Waals surface area contributed by atoms with Gasteiger partial charge in [0.05, 0.1) is 13.7 Å². The van der Waals surface area contributed by atoms with Gasteiger partial charge < -0.3 is 14.5 Å². The average Bonchev–Trinajstić information content (AvgIpc) is 3.51. The molecule has 1 aromatic heterocycles. The smallest absolute Gasteiger partial charge is 0.273 e. The van der Waals surface area contributed by atoms with Crippen LogP contribution >= 0.6 is 0 Å². The second-order valence-electron chi connectivity index (χ2n) is 7.28. The van der Waals surface area contributed by atoms with Crippen molar-refractivity contribution in [1.82, 2.24) is 15.2 Å². The largest absolute Gasteiger partial charge is 0.497 e. The molecule has 0 atom stereocenters. The summed E-state index contributed by atoms with van der Waals surface area (Å²) in [6.07, 6.45) is 3.80. The normalized spacial score (nSPS) is 13.4. The topological polar surface area (TPSA) is 67.6 Å². The molecule has 0 radical (unpaired) electrons. The Bertz CT molecular complexity index is 934. The molecule has 1 aliphatic rings. The summed E-state index contributed by atoms with van der Waals surface area (Å²) in [4.78, 5) is 19.1. The maximum atomic E-state index is 12.4. The van der Waals surface area contributed by atoms with E-state index >= 15 is 0 Å². The van der Waals surface area contributed by atoms with Gasteiger partial charge in [-0.15, -0.1) is 0 Å². The zero-order valence-electron chi connectivity index (χ0n) is 16.5. The number of hydrogen-bond donors (Lipinski definition) is 1. The summed E-state index contributed by atoms with van der Waals surface area (Å²) in [5.41, 5.74) is 2.57. The van der Waals surface area contributed by atoms with Gasteiger partial charge in [-0.3, -0.25) is 9.69 Å². The van der Waals surface area contributed by atoms with Crippen LogP contribution in [0.1, 0.15) is 40.3 Å². The Hall–Kier alpha value is -3.12. The predicted molar refractivity (Wildman–Crippen MR) is 109 cm³/mol. The van der Waals surface area contributed by atoms with Gasteiger partial charge in [0.15, 0.2) is 5.69 Å². The van der Waals surface area contributed by atoms with Crippen LogP contribution in [0.2, 0.25) is 0 Å². The first kappa shape index (κ1) is 19.2. The molecule has 6 nitrogen and oxygen atoms in total. The number of nitrogens with zero attached hydrogens (tertiary/aromatic N) is 2. The number of amides is 1. The molecule has 1 amide bonds. The highest BCUT2D eigenvalue weighted by Gasteiger charge is 2.30. The van der Waals surface area contributed by atoms with E-state index in [4.69, 9.17) is 9.15 Å². The highest BCUT2D eigenvalue weighted by Crippen LogP contribution is 2.30. The van der Waals surface area contributed by atoms with Crippen molar-refractivity contribution in [1.29, 1.82) is 0 Å². The SMILES string of the molecule is COc1ccc(CN(Cc2nc(C(=O)NCc3ccccc3)co2)C2CC2)cc1. The molecule has 1 saturated carbocycles. The van der Waals surface area contributed by atoms with Crippen LogP contribution in [0.25, 0.3) is 0 Å². The molecule has 6 heteroatoms. The van der Waals surface area contributed by atoms with Crippen LogP contribution in [-0.2, 0) is 19.6 Å². The van der Waals surface area contributed by atoms with Crippen molar-refractivity contribution in [3.8, 4) is 5.75 Å². The third-order valence-electron chi connectivity index (χ3n) is 5.03. The molecular formula is C23H25N3O3. The van der Waals surface area contributed by atoms with Gasteiger partial charge in [0, 0.05) is 19.1 Å². The maximum absolute atomic E-state index is 12.4. The number of aromatic nitrogens is 1. The fourth-order valence-electron chi connectivity index (χ4n) is 3.25. The molecule has 0 bridgehead atoms. The summed E-state index contributed by atoms with van der Waals surface area (Å²) in [6.45, 7) is 1.86. The maximum Gasteiger partial charge on any atom is 0.273 e. The van der Waals surface area contributed by atoms with Crippen molar-refractivity contribution >= 4 is 5.91 Å². The molecule has 4 rings (SSSR count). The minimum absolute atomic E-state index is 0.225. The fraction of sp³-hybridized carbons (Fsp3) is 0.304. The van der Waals surface area contributed by atoms with E-state index in [0.29, 0.717) is 30.7 Å². The number of ether oxygens (including phenoxy) is 1. The van der Waals surface area contributed by atoms with E-state index < -0.39 is 0 Å². The standard InChI is InChI=1S/C23H25N3O3/c1-28-20-11-7-18(8-12-20)14-26(19-9-10-19)15-22-25-21(16-29-22)23(27)24-13-17-5-3-2-4-6-17/h2-8,11-12,16,19H,9-10,13-15H2,1H3,(H,24,27). The molecule has 29 heavy (non-hydrogen) atoms. The summed E-state index contributed by atoms with van der Waals surface area (Å²) in [5, 5.41) is 2.88. The van der Waals surface area contributed by atoms with E-state index in [2.05, 4.69) is 27.3 Å². The number of carbonyl (C=O) groups excluding carboxylic acids is 1. The fourth-order valence-corrected chi connectivity index (χ4v) is 3.25. The summed E-state index contributed by atoms with van der Waals surface area (Å²) < 4.78 is 10.8. The van der Waals surface area contributed by atoms with Crippen molar-refractivity contribution < 1.29 is 13.9 Å². The molecule has 150 valence electrons. The van der Waals surface area contributed by atoms with Gasteiger partial charge in [0.1, 0.15) is 12.0 Å². The van der Waals surface area contributed by atoms with Crippen LogP contribution in [-0.4, -0.2) is 28.9 Å². The molecule has 0 spiro atoms. The van der Waals surface area contributed by atoms with Crippen LogP contribution in [0.15, 0.2) is 65.3 Å². The van der Waals surface area contributed by atoms with E-state index in [1.165, 1.54) is 24.7 Å². The van der Waals surface area contributed by atoms with E-state index in [9.17, 15) is 4.79 Å². The van der Waals surface area contributed by atoms with E-state index in [0.717, 1.165) is 17.9 Å². The quantitative estimate of drug-likeness (QED) is 0.601. The van der Waals surface area contributed by atoms with Crippen molar-refractivity contribution in [3.63, 3.8) is 0 Å². The van der Waals surface area contributed by atoms with Gasteiger partial charge in [-0.25, -0.2) is 4.98 Å². The Morgan fingerprint density at radius 2 is 1.86 bits per heavy atom. The molecule has 1 N–H and O–H groups in total. The molecule has 0 saturated heterocycles. The second-order valence-corrected chi connectivity index (χ2v) is 7.28. The first-order chi connectivity index (χ1) is 14.2. The van der Waals surface area contributed by atoms with Crippen molar-refractivity contribution in [3.05, 3.63) is 83.6 Å². The van der Waals surface area contributed by atoms with Gasteiger partial charge in [-0.1, -0.05) is 42.5 Å². The minimum atomic E-state index is -0.225. The first-order valence-corrected chi connectivity index (χ1v) is 9.85. The van der Waals surface area contributed by atoms with Crippen molar-refractivity contribution in [2.75, 3.05) is 7.11 Å². The van der Waals surface area contributed by atoms with Gasteiger partial charge in [-0.2, -0.15) is 0 Å². The van der Waals surface area contributed by atoms with Crippen LogP contribution in [0.4, 0.5) is 0 Å². The lowest BCUT2D eigenvalue weighted by molar-refractivity contribution is 0.0945. The van der Waals surface area contributed by atoms with Gasteiger partial charge >= 0.3 is 0 Å². The number of methoxy groups -OCH3 is 1. The summed E-state index contributed by atoms with van der Waals surface area (Å²) in [7, 11) is 1.67. The molecule has 0 unspecified atom stereocenters. The third-order valence-corrected chi connectivity index (χ3v) is 5.03. The molecular weight excluding hydrogens is 366 g/mol. The highest BCUT2D eigenvalue weighted by molar-refractivity contribution is 5.91. The molecule has 2 aromatic carbocycles. The third kappa shape index (κ3) is 5.23. The Balaban J connectivity index is 1.35. The minimum Gasteiger partial charge on any atom is -0.497 e. The monoisotopic (exact) mass is 391 g/mol. The van der Waals surface area contributed by atoms with Crippen LogP contribution < -0.4 is 10.1 Å². The van der Waals surface area contributed by atoms with E-state index in [-0.39, 0.29) is 5.91 Å². The number of hydrogen-bond acceptors (Lipinski definition) is 5. The van der Waals surface area contributed by atoms with Gasteiger partial charge in [-0.05, 0) is 36.1 Å². The van der Waals surface area contributed by atoms with Crippen molar-refractivity contribution in [2.45, 2.75) is 38.5 Å². The van der Waals surface area contributed by atoms with Crippen molar-refractivity contribution in [2.24, 2.45) is 0 Å². The Morgan fingerprint density at radius 1 is 1.10 bits per heavy atom. The molecule has 1 fully saturated rings. The van der Waals surface area contributed by atoms with E-state index in [1.54, 1.807) is 7.11 Å². The molecule has 1 aliphatic carbocycles. The Labute approximate surface area is 170 Å². The lowest BCUT2D eigenvalue weighted by atomic mass is 10.2. The number of benzene rings is 2. The molecule has 1 heterocycles.